The highest BCUT2D eigenvalue weighted by atomic mass is 15.2. The van der Waals surface area contributed by atoms with Crippen molar-refractivity contribution in [2.75, 3.05) is 0 Å². The van der Waals surface area contributed by atoms with E-state index < -0.39 is 0 Å². The summed E-state index contributed by atoms with van der Waals surface area (Å²) >= 11 is 0. The zero-order valence-corrected chi connectivity index (χ0v) is 10.1. The topological polar surface area (TPSA) is 83.1 Å². The summed E-state index contributed by atoms with van der Waals surface area (Å²) < 4.78 is 0. The first-order chi connectivity index (χ1) is 7.61. The van der Waals surface area contributed by atoms with Crippen molar-refractivity contribution in [2.24, 2.45) is 0 Å². The molecule has 6 heteroatoms. The third kappa shape index (κ3) is 3.80. The largest absolute Gasteiger partial charge is 0.263 e. The maximum absolute atomic E-state index is 3.95. The number of hydrogen-bond donors (Lipinski definition) is 2. The summed E-state index contributed by atoms with van der Waals surface area (Å²) in [6.07, 6.45) is 3.05. The maximum Gasteiger partial charge on any atom is 0.137 e. The molecule has 2 aromatic heterocycles. The van der Waals surface area contributed by atoms with Gasteiger partial charge in [0.1, 0.15) is 24.3 Å². The molecule has 2 heterocycles. The first-order valence-electron chi connectivity index (χ1n) is 5.31. The van der Waals surface area contributed by atoms with Crippen LogP contribution in [0.2, 0.25) is 0 Å². The SMILES string of the molecule is CC(C)c1ncn[nH]1.CC(C)c1ncn[nH]1. The molecule has 0 fully saturated rings. The highest BCUT2D eigenvalue weighted by Crippen LogP contribution is 2.04. The fourth-order valence-electron chi connectivity index (χ4n) is 0.986. The van der Waals surface area contributed by atoms with Crippen molar-refractivity contribution in [1.29, 1.82) is 0 Å². The molecule has 88 valence electrons. The standard InChI is InChI=1S/2C5H9N3/c2*1-4(2)5-6-3-7-8-5/h2*3-4H,1-2H3,(H,6,7,8). The molecule has 0 aromatic carbocycles. The summed E-state index contributed by atoms with van der Waals surface area (Å²) in [6.45, 7) is 8.28. The van der Waals surface area contributed by atoms with E-state index in [1.165, 1.54) is 12.7 Å². The Bertz CT molecular complexity index is 324. The summed E-state index contributed by atoms with van der Waals surface area (Å²) in [5.41, 5.74) is 0. The van der Waals surface area contributed by atoms with Gasteiger partial charge in [-0.15, -0.1) is 0 Å². The van der Waals surface area contributed by atoms with E-state index in [1.807, 2.05) is 0 Å². The van der Waals surface area contributed by atoms with Gasteiger partial charge in [0.2, 0.25) is 0 Å². The predicted molar refractivity (Wildman–Crippen MR) is 60.9 cm³/mol. The number of aromatic amines is 2. The third-order valence-electron chi connectivity index (χ3n) is 1.96. The smallest absolute Gasteiger partial charge is 0.137 e. The van der Waals surface area contributed by atoms with Crippen molar-refractivity contribution in [1.82, 2.24) is 30.4 Å². The molecular formula is C10H18N6. The molecule has 0 aliphatic heterocycles. The van der Waals surface area contributed by atoms with Crippen molar-refractivity contribution < 1.29 is 0 Å². The van der Waals surface area contributed by atoms with Crippen molar-refractivity contribution in [3.8, 4) is 0 Å². The molecule has 0 aliphatic rings. The molecule has 0 aliphatic carbocycles. The molecule has 6 nitrogen and oxygen atoms in total. The Kier molecular flexibility index (Phi) is 4.63. The minimum absolute atomic E-state index is 0.456. The Hall–Kier alpha value is -1.72. The van der Waals surface area contributed by atoms with Gasteiger partial charge in [-0.05, 0) is 0 Å². The van der Waals surface area contributed by atoms with Gasteiger partial charge in [-0.1, -0.05) is 27.7 Å². The first kappa shape index (κ1) is 12.4. The average Bonchev–Trinajstić information content (AvgIpc) is 2.93. The molecule has 0 radical (unpaired) electrons. The fourth-order valence-corrected chi connectivity index (χ4v) is 0.986. The lowest BCUT2D eigenvalue weighted by molar-refractivity contribution is 0.781. The molecule has 0 saturated heterocycles. The second kappa shape index (κ2) is 5.99. The molecule has 0 saturated carbocycles. The summed E-state index contributed by atoms with van der Waals surface area (Å²) in [5, 5.41) is 13.0. The molecule has 0 unspecified atom stereocenters. The maximum atomic E-state index is 3.95. The number of nitrogens with one attached hydrogen (secondary N) is 2. The summed E-state index contributed by atoms with van der Waals surface area (Å²) in [4.78, 5) is 7.90. The molecule has 0 spiro atoms. The van der Waals surface area contributed by atoms with Gasteiger partial charge in [0.15, 0.2) is 0 Å². The van der Waals surface area contributed by atoms with E-state index in [0.717, 1.165) is 11.6 Å². The molecule has 0 amide bonds. The predicted octanol–water partition coefficient (Wildman–Crippen LogP) is 1.86. The van der Waals surface area contributed by atoms with E-state index in [-0.39, 0.29) is 0 Å². The van der Waals surface area contributed by atoms with E-state index in [1.54, 1.807) is 0 Å². The molecule has 2 rings (SSSR count). The minimum atomic E-state index is 0.456. The van der Waals surface area contributed by atoms with Crippen LogP contribution < -0.4 is 0 Å². The van der Waals surface area contributed by atoms with Gasteiger partial charge in [-0.25, -0.2) is 9.97 Å². The number of H-pyrrole nitrogens is 2. The van der Waals surface area contributed by atoms with Crippen molar-refractivity contribution in [3.63, 3.8) is 0 Å². The first-order valence-corrected chi connectivity index (χ1v) is 5.31. The van der Waals surface area contributed by atoms with Crippen LogP contribution in [0.5, 0.6) is 0 Å². The Morgan fingerprint density at radius 3 is 1.31 bits per heavy atom. The normalized spacial score (nSPS) is 10.4. The quantitative estimate of drug-likeness (QED) is 0.812. The van der Waals surface area contributed by atoms with Crippen LogP contribution in [0.4, 0.5) is 0 Å². The fraction of sp³-hybridized carbons (Fsp3) is 0.600. The van der Waals surface area contributed by atoms with Gasteiger partial charge in [0, 0.05) is 11.8 Å². The van der Waals surface area contributed by atoms with Crippen molar-refractivity contribution in [2.45, 2.75) is 39.5 Å². The lowest BCUT2D eigenvalue weighted by atomic mass is 10.2. The molecular weight excluding hydrogens is 204 g/mol. The Labute approximate surface area is 94.9 Å². The number of aromatic nitrogens is 6. The monoisotopic (exact) mass is 222 g/mol. The van der Waals surface area contributed by atoms with Crippen LogP contribution in [0.15, 0.2) is 12.7 Å². The zero-order valence-electron chi connectivity index (χ0n) is 10.1. The minimum Gasteiger partial charge on any atom is -0.263 e. The number of rotatable bonds is 2. The van der Waals surface area contributed by atoms with Crippen molar-refractivity contribution in [3.05, 3.63) is 24.3 Å². The lowest BCUT2D eigenvalue weighted by Crippen LogP contribution is -1.88. The molecule has 2 N–H and O–H groups in total. The lowest BCUT2D eigenvalue weighted by Gasteiger charge is -1.93. The van der Waals surface area contributed by atoms with Crippen LogP contribution in [0.1, 0.15) is 51.2 Å². The molecule has 0 bridgehead atoms. The summed E-state index contributed by atoms with van der Waals surface area (Å²) in [5.74, 6) is 2.81. The van der Waals surface area contributed by atoms with Gasteiger partial charge in [0.05, 0.1) is 0 Å². The molecule has 16 heavy (non-hydrogen) atoms. The Morgan fingerprint density at radius 1 is 0.812 bits per heavy atom. The van der Waals surface area contributed by atoms with E-state index >= 15 is 0 Å². The van der Waals surface area contributed by atoms with Crippen LogP contribution in [0.25, 0.3) is 0 Å². The zero-order chi connectivity index (χ0) is 12.0. The second-order valence-electron chi connectivity index (χ2n) is 4.05. The Morgan fingerprint density at radius 2 is 1.19 bits per heavy atom. The highest BCUT2D eigenvalue weighted by Gasteiger charge is 1.98. The molecule has 0 atom stereocenters. The van der Waals surface area contributed by atoms with Gasteiger partial charge >= 0.3 is 0 Å². The number of nitrogens with zero attached hydrogens (tertiary/aromatic N) is 4. The van der Waals surface area contributed by atoms with Crippen LogP contribution in [-0.2, 0) is 0 Å². The van der Waals surface area contributed by atoms with E-state index in [9.17, 15) is 0 Å². The third-order valence-corrected chi connectivity index (χ3v) is 1.96. The van der Waals surface area contributed by atoms with Gasteiger partial charge in [0.25, 0.3) is 0 Å². The summed E-state index contributed by atoms with van der Waals surface area (Å²) in [7, 11) is 0. The summed E-state index contributed by atoms with van der Waals surface area (Å²) in [6, 6.07) is 0. The van der Waals surface area contributed by atoms with Gasteiger partial charge < -0.3 is 0 Å². The van der Waals surface area contributed by atoms with Crippen LogP contribution in [-0.4, -0.2) is 30.4 Å². The molecule has 2 aromatic rings. The van der Waals surface area contributed by atoms with E-state index in [4.69, 9.17) is 0 Å². The van der Waals surface area contributed by atoms with E-state index in [2.05, 4.69) is 58.1 Å². The van der Waals surface area contributed by atoms with Crippen LogP contribution in [0, 0.1) is 0 Å². The van der Waals surface area contributed by atoms with Gasteiger partial charge in [-0.3, -0.25) is 10.2 Å². The van der Waals surface area contributed by atoms with Gasteiger partial charge in [-0.2, -0.15) is 10.2 Å². The second-order valence-corrected chi connectivity index (χ2v) is 4.05. The average molecular weight is 222 g/mol. The van der Waals surface area contributed by atoms with E-state index in [0.29, 0.717) is 11.8 Å². The van der Waals surface area contributed by atoms with Crippen LogP contribution in [0.3, 0.4) is 0 Å². The Balaban J connectivity index is 0.000000160. The number of hydrogen-bond acceptors (Lipinski definition) is 4. The highest BCUT2D eigenvalue weighted by molar-refractivity contribution is 4.87. The van der Waals surface area contributed by atoms with Crippen molar-refractivity contribution >= 4 is 0 Å². The van der Waals surface area contributed by atoms with Crippen LogP contribution >= 0.6 is 0 Å².